The molecule has 0 saturated heterocycles. The molecular weight excluding hydrogens is 537 g/mol. The number of fused-ring (bicyclic) bond motifs is 4. The molecule has 1 heteroatoms. The van der Waals surface area contributed by atoms with Crippen molar-refractivity contribution in [3.8, 4) is 11.1 Å². The molecule has 0 bridgehead atoms. The first-order chi connectivity index (χ1) is 21.0. The minimum absolute atomic E-state index is 0.447. The largest absolute Gasteiger partial charge is 0.135 e. The van der Waals surface area contributed by atoms with Crippen LogP contribution in [0.2, 0.25) is 0 Å². The monoisotopic (exact) mass is 576 g/mol. The van der Waals surface area contributed by atoms with E-state index in [9.17, 15) is 0 Å². The maximum absolute atomic E-state index is 2.52. The summed E-state index contributed by atoms with van der Waals surface area (Å²) in [5.74, 6) is 1.51. The van der Waals surface area contributed by atoms with Gasteiger partial charge in [-0.1, -0.05) is 130 Å². The second-order valence-electron chi connectivity index (χ2n) is 12.6. The first-order valence-corrected chi connectivity index (χ1v) is 16.7. The Labute approximate surface area is 260 Å². The molecule has 0 N–H and O–H groups in total. The van der Waals surface area contributed by atoms with Crippen LogP contribution in [0.4, 0.5) is 0 Å². The van der Waals surface area contributed by atoms with Gasteiger partial charge in [0.25, 0.3) is 0 Å². The highest BCUT2D eigenvalue weighted by molar-refractivity contribution is 7.25. The van der Waals surface area contributed by atoms with Gasteiger partial charge in [0.1, 0.15) is 0 Å². The van der Waals surface area contributed by atoms with E-state index in [1.807, 2.05) is 11.3 Å². The third-order valence-corrected chi connectivity index (χ3v) is 10.9. The van der Waals surface area contributed by atoms with E-state index in [1.165, 1.54) is 69.9 Å². The Morgan fingerprint density at radius 1 is 0.767 bits per heavy atom. The molecule has 1 aromatic heterocycles. The SMILES string of the molecule is CCCc1c(C2=C(C)CC(C)C(C(C)c3ccc(-c4ccc5sc6ccccc6c5c4)cc3)C=C2)ccc2ccccc12. The van der Waals surface area contributed by atoms with E-state index in [0.29, 0.717) is 17.8 Å². The van der Waals surface area contributed by atoms with Crippen molar-refractivity contribution in [1.29, 1.82) is 0 Å². The van der Waals surface area contributed by atoms with Crippen LogP contribution in [0.25, 0.3) is 47.6 Å². The van der Waals surface area contributed by atoms with Crippen LogP contribution < -0.4 is 0 Å². The quantitative estimate of drug-likeness (QED) is 0.185. The Bertz CT molecular complexity index is 2000. The van der Waals surface area contributed by atoms with E-state index in [4.69, 9.17) is 0 Å². The van der Waals surface area contributed by atoms with Gasteiger partial charge < -0.3 is 0 Å². The minimum atomic E-state index is 0.447. The van der Waals surface area contributed by atoms with Crippen LogP contribution in [0.15, 0.2) is 121 Å². The summed E-state index contributed by atoms with van der Waals surface area (Å²) >= 11 is 1.88. The molecule has 0 radical (unpaired) electrons. The smallest absolute Gasteiger partial charge is 0.0355 e. The lowest BCUT2D eigenvalue weighted by molar-refractivity contribution is 0.377. The summed E-state index contributed by atoms with van der Waals surface area (Å²) in [6, 6.07) is 38.7. The van der Waals surface area contributed by atoms with Crippen LogP contribution in [0.5, 0.6) is 0 Å². The standard InChI is InChI=1S/C42H40S/c1-5-10-37-36-12-7-6-11-32(36)19-21-38(37)35-23-22-34(27(2)25-28(35)3)29(4)30-15-17-31(18-16-30)33-20-24-42-40(26-33)39-13-8-9-14-41(39)43-42/h6-9,11-24,26-27,29,34H,5,10,25H2,1-4H3. The van der Waals surface area contributed by atoms with E-state index in [1.54, 1.807) is 0 Å². The lowest BCUT2D eigenvalue weighted by Crippen LogP contribution is -2.16. The molecule has 0 amide bonds. The zero-order chi connectivity index (χ0) is 29.5. The molecule has 1 aliphatic rings. The molecule has 0 fully saturated rings. The van der Waals surface area contributed by atoms with Crippen LogP contribution in [0.1, 0.15) is 63.1 Å². The van der Waals surface area contributed by atoms with Gasteiger partial charge in [-0.15, -0.1) is 11.3 Å². The number of thiophene rings is 1. The first-order valence-electron chi connectivity index (χ1n) is 15.9. The second kappa shape index (κ2) is 11.6. The van der Waals surface area contributed by atoms with E-state index in [2.05, 4.69) is 143 Å². The molecule has 6 aromatic rings. The fourth-order valence-corrected chi connectivity index (χ4v) is 8.55. The predicted octanol–water partition coefficient (Wildman–Crippen LogP) is 12.6. The Morgan fingerprint density at radius 2 is 1.49 bits per heavy atom. The summed E-state index contributed by atoms with van der Waals surface area (Å²) in [5, 5.41) is 5.47. The zero-order valence-corrected chi connectivity index (χ0v) is 26.5. The highest BCUT2D eigenvalue weighted by Gasteiger charge is 2.26. The van der Waals surface area contributed by atoms with Crippen LogP contribution in [0.3, 0.4) is 0 Å². The number of allylic oxidation sites excluding steroid dienone is 4. The molecule has 0 saturated carbocycles. The number of hydrogen-bond acceptors (Lipinski definition) is 1. The molecule has 0 spiro atoms. The van der Waals surface area contributed by atoms with Gasteiger partial charge in [0.05, 0.1) is 0 Å². The fourth-order valence-electron chi connectivity index (χ4n) is 7.46. The van der Waals surface area contributed by atoms with Crippen molar-refractivity contribution in [3.05, 3.63) is 138 Å². The summed E-state index contributed by atoms with van der Waals surface area (Å²) in [6.07, 6.45) is 8.37. The van der Waals surface area contributed by atoms with E-state index < -0.39 is 0 Å². The fraction of sp³-hybridized carbons (Fsp3) is 0.238. The molecule has 0 nitrogen and oxygen atoms in total. The van der Waals surface area contributed by atoms with Gasteiger partial charge >= 0.3 is 0 Å². The zero-order valence-electron chi connectivity index (χ0n) is 25.7. The molecule has 3 unspecified atom stereocenters. The molecule has 214 valence electrons. The topological polar surface area (TPSA) is 0 Å². The molecular formula is C42H40S. The van der Waals surface area contributed by atoms with Crippen molar-refractivity contribution >= 4 is 47.9 Å². The normalized spacial score (nSPS) is 18.0. The van der Waals surface area contributed by atoms with Gasteiger partial charge in [0, 0.05) is 20.2 Å². The van der Waals surface area contributed by atoms with Gasteiger partial charge in [-0.2, -0.15) is 0 Å². The van der Waals surface area contributed by atoms with Crippen LogP contribution in [-0.2, 0) is 6.42 Å². The molecule has 5 aromatic carbocycles. The summed E-state index contributed by atoms with van der Waals surface area (Å²) in [7, 11) is 0. The maximum Gasteiger partial charge on any atom is 0.0355 e. The van der Waals surface area contributed by atoms with Crippen molar-refractivity contribution in [3.63, 3.8) is 0 Å². The maximum atomic E-state index is 2.52. The van der Waals surface area contributed by atoms with E-state index >= 15 is 0 Å². The van der Waals surface area contributed by atoms with Crippen molar-refractivity contribution in [2.24, 2.45) is 11.8 Å². The van der Waals surface area contributed by atoms with Gasteiger partial charge in [0.15, 0.2) is 0 Å². The van der Waals surface area contributed by atoms with Crippen molar-refractivity contribution in [1.82, 2.24) is 0 Å². The summed E-state index contributed by atoms with van der Waals surface area (Å²) < 4.78 is 2.72. The van der Waals surface area contributed by atoms with Gasteiger partial charge in [0.2, 0.25) is 0 Å². The predicted molar refractivity (Wildman–Crippen MR) is 190 cm³/mol. The van der Waals surface area contributed by atoms with Gasteiger partial charge in [-0.05, 0) is 99.9 Å². The first kappa shape index (κ1) is 27.9. The highest BCUT2D eigenvalue weighted by Crippen LogP contribution is 2.42. The van der Waals surface area contributed by atoms with Crippen LogP contribution in [0, 0.1) is 11.8 Å². The molecule has 3 atom stereocenters. The molecule has 1 heterocycles. The lowest BCUT2D eigenvalue weighted by atomic mass is 9.78. The molecule has 0 aliphatic heterocycles. The van der Waals surface area contributed by atoms with Gasteiger partial charge in [-0.3, -0.25) is 0 Å². The van der Waals surface area contributed by atoms with Gasteiger partial charge in [-0.25, -0.2) is 0 Å². The number of benzene rings is 5. The lowest BCUT2D eigenvalue weighted by Gasteiger charge is -2.27. The minimum Gasteiger partial charge on any atom is -0.135 e. The highest BCUT2D eigenvalue weighted by atomic mass is 32.1. The third-order valence-electron chi connectivity index (χ3n) is 9.78. The molecule has 1 aliphatic carbocycles. The number of rotatable bonds is 6. The molecule has 43 heavy (non-hydrogen) atoms. The van der Waals surface area contributed by atoms with Crippen molar-refractivity contribution < 1.29 is 0 Å². The Balaban J connectivity index is 1.17. The van der Waals surface area contributed by atoms with E-state index in [0.717, 1.165) is 19.3 Å². The van der Waals surface area contributed by atoms with Crippen molar-refractivity contribution in [2.45, 2.75) is 52.9 Å². The summed E-state index contributed by atoms with van der Waals surface area (Å²) in [5.41, 5.74) is 9.88. The Hall–Kier alpha value is -3.94. The van der Waals surface area contributed by atoms with Crippen molar-refractivity contribution in [2.75, 3.05) is 0 Å². The third kappa shape index (κ3) is 5.15. The average Bonchev–Trinajstić information content (AvgIpc) is 3.34. The Morgan fingerprint density at radius 3 is 2.30 bits per heavy atom. The number of aryl methyl sites for hydroxylation is 1. The second-order valence-corrected chi connectivity index (χ2v) is 13.7. The summed E-state index contributed by atoms with van der Waals surface area (Å²) in [6.45, 7) is 9.52. The van der Waals surface area contributed by atoms with Crippen LogP contribution >= 0.6 is 11.3 Å². The number of hydrogen-bond donors (Lipinski definition) is 0. The average molecular weight is 577 g/mol. The Kier molecular flexibility index (Phi) is 7.53. The molecule has 7 rings (SSSR count). The van der Waals surface area contributed by atoms with Crippen LogP contribution in [-0.4, -0.2) is 0 Å². The summed E-state index contributed by atoms with van der Waals surface area (Å²) in [4.78, 5) is 0. The van der Waals surface area contributed by atoms with E-state index in [-0.39, 0.29) is 0 Å².